The first-order valence-electron chi connectivity index (χ1n) is 8.22. The van der Waals surface area contributed by atoms with Crippen LogP contribution in [0.1, 0.15) is 11.3 Å². The van der Waals surface area contributed by atoms with Gasteiger partial charge in [-0.25, -0.2) is 15.5 Å². The SMILES string of the molecule is Cc1coc(Nc2cnc(N=N)c(NCc3ccc4ncccc4c3)n2)n1. The van der Waals surface area contributed by atoms with Gasteiger partial charge in [-0.1, -0.05) is 12.1 Å². The molecule has 4 rings (SSSR count). The second-order valence-electron chi connectivity index (χ2n) is 5.84. The van der Waals surface area contributed by atoms with Crippen molar-refractivity contribution in [1.29, 1.82) is 5.53 Å². The predicted molar refractivity (Wildman–Crippen MR) is 100 cm³/mol. The van der Waals surface area contributed by atoms with E-state index < -0.39 is 0 Å². The number of nitrogens with zero attached hydrogens (tertiary/aromatic N) is 5. The zero-order valence-corrected chi connectivity index (χ0v) is 14.5. The number of hydrogen-bond acceptors (Lipinski definition) is 9. The molecule has 0 aliphatic rings. The van der Waals surface area contributed by atoms with Crippen LogP contribution in [0, 0.1) is 12.5 Å². The van der Waals surface area contributed by atoms with Crippen LogP contribution in [0.3, 0.4) is 0 Å². The second-order valence-corrected chi connectivity index (χ2v) is 5.84. The first kappa shape index (κ1) is 16.6. The third-order valence-electron chi connectivity index (χ3n) is 3.84. The number of benzene rings is 1. The number of rotatable bonds is 6. The fourth-order valence-corrected chi connectivity index (χ4v) is 2.59. The molecule has 27 heavy (non-hydrogen) atoms. The standard InChI is InChI=1S/C18H16N8O/c1-11-10-27-18(23-11)25-15-9-22-17(26-19)16(24-15)21-8-12-4-5-14-13(7-12)3-2-6-20-14/h2-7,9-10,19H,8H2,1H3,(H2,21,23,24,25). The molecule has 1 aromatic carbocycles. The molecule has 0 radical (unpaired) electrons. The number of hydrogen-bond donors (Lipinski definition) is 3. The first-order valence-corrected chi connectivity index (χ1v) is 8.22. The van der Waals surface area contributed by atoms with Crippen LogP contribution in [0.2, 0.25) is 0 Å². The number of aromatic nitrogens is 4. The maximum atomic E-state index is 7.29. The Bertz CT molecular complexity index is 1110. The second kappa shape index (κ2) is 7.16. The number of aryl methyl sites for hydroxylation is 1. The molecule has 0 amide bonds. The summed E-state index contributed by atoms with van der Waals surface area (Å²) in [6.45, 7) is 2.33. The van der Waals surface area contributed by atoms with Gasteiger partial charge in [0.15, 0.2) is 11.6 Å². The van der Waals surface area contributed by atoms with E-state index in [9.17, 15) is 0 Å². The Morgan fingerprint density at radius 1 is 1.19 bits per heavy atom. The monoisotopic (exact) mass is 360 g/mol. The summed E-state index contributed by atoms with van der Waals surface area (Å²) in [5.74, 6) is 1.03. The van der Waals surface area contributed by atoms with E-state index in [4.69, 9.17) is 9.95 Å². The van der Waals surface area contributed by atoms with Crippen LogP contribution in [-0.2, 0) is 6.54 Å². The van der Waals surface area contributed by atoms with Gasteiger partial charge in [-0.15, -0.1) is 5.11 Å². The maximum Gasteiger partial charge on any atom is 0.300 e. The molecule has 0 atom stereocenters. The van der Waals surface area contributed by atoms with Crippen molar-refractivity contribution in [3.8, 4) is 0 Å². The molecule has 3 heterocycles. The van der Waals surface area contributed by atoms with Crippen LogP contribution in [0.5, 0.6) is 0 Å². The summed E-state index contributed by atoms with van der Waals surface area (Å²) in [5, 5.41) is 10.6. The van der Waals surface area contributed by atoms with Gasteiger partial charge in [0.2, 0.25) is 5.82 Å². The van der Waals surface area contributed by atoms with Crippen molar-refractivity contribution < 1.29 is 4.42 Å². The zero-order chi connectivity index (χ0) is 18.6. The molecule has 9 heteroatoms. The summed E-state index contributed by atoms with van der Waals surface area (Å²) in [7, 11) is 0. The predicted octanol–water partition coefficient (Wildman–Crippen LogP) is 4.34. The molecule has 0 fully saturated rings. The van der Waals surface area contributed by atoms with E-state index in [1.807, 2.05) is 31.2 Å². The molecule has 0 spiro atoms. The minimum Gasteiger partial charge on any atom is -0.432 e. The minimum atomic E-state index is 0.201. The number of oxazole rings is 1. The van der Waals surface area contributed by atoms with E-state index in [0.717, 1.165) is 22.2 Å². The Kier molecular flexibility index (Phi) is 4.40. The minimum absolute atomic E-state index is 0.201. The van der Waals surface area contributed by atoms with Crippen LogP contribution in [0.15, 0.2) is 58.5 Å². The van der Waals surface area contributed by atoms with Gasteiger partial charge in [-0.05, 0) is 30.7 Å². The van der Waals surface area contributed by atoms with Crippen molar-refractivity contribution >= 4 is 34.4 Å². The molecular formula is C18H16N8O. The zero-order valence-electron chi connectivity index (χ0n) is 14.5. The van der Waals surface area contributed by atoms with E-state index in [2.05, 4.69) is 41.8 Å². The number of fused-ring (bicyclic) bond motifs is 1. The summed E-state index contributed by atoms with van der Waals surface area (Å²) in [6, 6.07) is 10.3. The number of pyridine rings is 1. The summed E-state index contributed by atoms with van der Waals surface area (Å²) >= 11 is 0. The van der Waals surface area contributed by atoms with Crippen molar-refractivity contribution in [2.45, 2.75) is 13.5 Å². The Morgan fingerprint density at radius 3 is 2.93 bits per heavy atom. The Balaban J connectivity index is 1.54. The van der Waals surface area contributed by atoms with E-state index >= 15 is 0 Å². The molecular weight excluding hydrogens is 344 g/mol. The number of nitrogens with one attached hydrogen (secondary N) is 3. The first-order chi connectivity index (χ1) is 13.2. The largest absolute Gasteiger partial charge is 0.432 e. The van der Waals surface area contributed by atoms with Crippen molar-refractivity contribution in [3.63, 3.8) is 0 Å². The van der Waals surface area contributed by atoms with Gasteiger partial charge in [-0.2, -0.15) is 4.98 Å². The van der Waals surface area contributed by atoms with Crippen molar-refractivity contribution in [1.82, 2.24) is 19.9 Å². The van der Waals surface area contributed by atoms with Crippen LogP contribution in [0.4, 0.5) is 23.5 Å². The van der Waals surface area contributed by atoms with Gasteiger partial charge in [0, 0.05) is 18.1 Å². The molecule has 4 aromatic rings. The van der Waals surface area contributed by atoms with Crippen LogP contribution in [0.25, 0.3) is 10.9 Å². The third kappa shape index (κ3) is 3.71. The molecule has 134 valence electrons. The van der Waals surface area contributed by atoms with Crippen molar-refractivity contribution in [2.24, 2.45) is 5.11 Å². The fourth-order valence-electron chi connectivity index (χ4n) is 2.59. The van der Waals surface area contributed by atoms with Gasteiger partial charge in [0.05, 0.1) is 17.4 Å². The quantitative estimate of drug-likeness (QED) is 0.437. The lowest BCUT2D eigenvalue weighted by Crippen LogP contribution is -2.04. The maximum absolute atomic E-state index is 7.29. The molecule has 0 saturated carbocycles. The molecule has 3 aromatic heterocycles. The van der Waals surface area contributed by atoms with Crippen molar-refractivity contribution in [2.75, 3.05) is 10.6 Å². The van der Waals surface area contributed by atoms with Gasteiger partial charge in [-0.3, -0.25) is 10.3 Å². The van der Waals surface area contributed by atoms with Gasteiger partial charge < -0.3 is 9.73 Å². The highest BCUT2D eigenvalue weighted by molar-refractivity contribution is 5.79. The smallest absolute Gasteiger partial charge is 0.300 e. The molecule has 0 saturated heterocycles. The molecule has 0 unspecified atom stereocenters. The van der Waals surface area contributed by atoms with E-state index in [1.165, 1.54) is 12.5 Å². The highest BCUT2D eigenvalue weighted by Gasteiger charge is 2.09. The fraction of sp³-hybridized carbons (Fsp3) is 0.111. The molecule has 0 aliphatic carbocycles. The Labute approximate surface area is 154 Å². The summed E-state index contributed by atoms with van der Waals surface area (Å²) in [6.07, 6.45) is 4.78. The average molecular weight is 360 g/mol. The summed E-state index contributed by atoms with van der Waals surface area (Å²) < 4.78 is 5.26. The average Bonchev–Trinajstić information content (AvgIpc) is 3.11. The van der Waals surface area contributed by atoms with Crippen LogP contribution >= 0.6 is 0 Å². The Hall–Kier alpha value is -3.88. The van der Waals surface area contributed by atoms with Gasteiger partial charge >= 0.3 is 6.01 Å². The highest BCUT2D eigenvalue weighted by Crippen LogP contribution is 2.24. The van der Waals surface area contributed by atoms with Crippen LogP contribution < -0.4 is 10.6 Å². The molecule has 0 aliphatic heterocycles. The van der Waals surface area contributed by atoms with Gasteiger partial charge in [0.1, 0.15) is 6.26 Å². The van der Waals surface area contributed by atoms with Crippen molar-refractivity contribution in [3.05, 3.63) is 60.2 Å². The third-order valence-corrected chi connectivity index (χ3v) is 3.84. The molecule has 9 nitrogen and oxygen atoms in total. The summed E-state index contributed by atoms with van der Waals surface area (Å²) in [5.41, 5.74) is 10.0. The Morgan fingerprint density at radius 2 is 2.11 bits per heavy atom. The highest BCUT2D eigenvalue weighted by atomic mass is 16.4. The van der Waals surface area contributed by atoms with E-state index in [0.29, 0.717) is 24.2 Å². The lowest BCUT2D eigenvalue weighted by molar-refractivity contribution is 0.576. The lowest BCUT2D eigenvalue weighted by atomic mass is 10.1. The topological polar surface area (TPSA) is 125 Å². The normalized spacial score (nSPS) is 10.7. The van der Waals surface area contributed by atoms with Crippen LogP contribution in [-0.4, -0.2) is 19.9 Å². The van der Waals surface area contributed by atoms with E-state index in [1.54, 1.807) is 6.20 Å². The molecule has 3 N–H and O–H groups in total. The number of anilines is 3. The summed E-state index contributed by atoms with van der Waals surface area (Å²) in [4.78, 5) is 17.0. The van der Waals surface area contributed by atoms with E-state index in [-0.39, 0.29) is 5.82 Å². The molecule has 0 bridgehead atoms. The lowest BCUT2D eigenvalue weighted by Gasteiger charge is -2.09. The van der Waals surface area contributed by atoms with Gasteiger partial charge in [0.25, 0.3) is 0 Å².